The first-order chi connectivity index (χ1) is 9.65. The van der Waals surface area contributed by atoms with Crippen molar-refractivity contribution >= 4 is 11.0 Å². The molecule has 0 atom stereocenters. The maximum Gasteiger partial charge on any atom is 0.326 e. The van der Waals surface area contributed by atoms with E-state index in [2.05, 4.69) is 28.5 Å². The van der Waals surface area contributed by atoms with E-state index in [1.165, 1.54) is 18.4 Å². The molecule has 2 N–H and O–H groups in total. The van der Waals surface area contributed by atoms with E-state index in [1.54, 1.807) is 0 Å². The molecule has 0 bridgehead atoms. The molecule has 1 saturated heterocycles. The summed E-state index contributed by atoms with van der Waals surface area (Å²) in [4.78, 5) is 15.0. The van der Waals surface area contributed by atoms with Gasteiger partial charge in [-0.1, -0.05) is 6.07 Å². The van der Waals surface area contributed by atoms with E-state index in [4.69, 9.17) is 0 Å². The molecule has 4 heteroatoms. The van der Waals surface area contributed by atoms with Crippen molar-refractivity contribution in [2.24, 2.45) is 5.92 Å². The summed E-state index contributed by atoms with van der Waals surface area (Å²) in [6.07, 6.45) is 3.62. The molecule has 1 fully saturated rings. The van der Waals surface area contributed by atoms with Crippen LogP contribution in [0.15, 0.2) is 23.0 Å². The van der Waals surface area contributed by atoms with Crippen molar-refractivity contribution < 1.29 is 0 Å². The molecule has 2 aromatic rings. The lowest BCUT2D eigenvalue weighted by Gasteiger charge is -2.22. The van der Waals surface area contributed by atoms with E-state index in [0.717, 1.165) is 36.5 Å². The van der Waals surface area contributed by atoms with Gasteiger partial charge in [-0.25, -0.2) is 4.79 Å². The molecule has 20 heavy (non-hydrogen) atoms. The van der Waals surface area contributed by atoms with E-state index in [-0.39, 0.29) is 11.7 Å². The van der Waals surface area contributed by atoms with Gasteiger partial charge in [0.1, 0.15) is 0 Å². The average Bonchev–Trinajstić information content (AvgIpc) is 2.75. The predicted octanol–water partition coefficient (Wildman–Crippen LogP) is 2.45. The summed E-state index contributed by atoms with van der Waals surface area (Å²) in [6, 6.07) is 6.60. The Kier molecular flexibility index (Phi) is 3.66. The van der Waals surface area contributed by atoms with Crippen LogP contribution in [-0.2, 0) is 6.42 Å². The molecule has 1 aromatic carbocycles. The Morgan fingerprint density at radius 3 is 2.75 bits per heavy atom. The number of aromatic nitrogens is 2. The Morgan fingerprint density at radius 2 is 2.05 bits per heavy atom. The summed E-state index contributed by atoms with van der Waals surface area (Å²) in [5.41, 5.74) is 3.31. The van der Waals surface area contributed by atoms with Crippen LogP contribution in [0, 0.1) is 5.92 Å². The molecule has 108 valence electrons. The van der Waals surface area contributed by atoms with Crippen LogP contribution in [0.1, 0.15) is 38.3 Å². The summed E-state index contributed by atoms with van der Waals surface area (Å²) in [7, 11) is 0. The summed E-state index contributed by atoms with van der Waals surface area (Å²) < 4.78 is 1.82. The van der Waals surface area contributed by atoms with Gasteiger partial charge >= 0.3 is 5.69 Å². The Hall–Kier alpha value is -1.55. The summed E-state index contributed by atoms with van der Waals surface area (Å²) >= 11 is 0. The quantitative estimate of drug-likeness (QED) is 0.902. The highest BCUT2D eigenvalue weighted by atomic mass is 16.1. The number of nitrogens with zero attached hydrogens (tertiary/aromatic N) is 1. The van der Waals surface area contributed by atoms with Crippen LogP contribution in [0.25, 0.3) is 11.0 Å². The molecule has 1 aliphatic heterocycles. The second kappa shape index (κ2) is 5.44. The number of rotatable bonds is 3. The number of nitrogens with one attached hydrogen (secondary N) is 2. The number of fused-ring (bicyclic) bond motifs is 1. The standard InChI is InChI=1S/C16H23N3O/c1-11(2)19-15-4-3-13(10-14(15)18-16(19)20)9-12-5-7-17-8-6-12/h3-4,10-12,17H,5-9H2,1-2H3,(H,18,20). The van der Waals surface area contributed by atoms with Gasteiger partial charge in [-0.15, -0.1) is 0 Å². The molecular formula is C16H23N3O. The summed E-state index contributed by atoms with van der Waals surface area (Å²) in [6.45, 7) is 6.34. The molecule has 1 aromatic heterocycles. The monoisotopic (exact) mass is 273 g/mol. The van der Waals surface area contributed by atoms with Gasteiger partial charge in [-0.3, -0.25) is 4.57 Å². The molecule has 0 aliphatic carbocycles. The van der Waals surface area contributed by atoms with Crippen molar-refractivity contribution in [2.75, 3.05) is 13.1 Å². The minimum atomic E-state index is -0.00554. The molecular weight excluding hydrogens is 250 g/mol. The lowest BCUT2D eigenvalue weighted by Crippen LogP contribution is -2.28. The number of benzene rings is 1. The van der Waals surface area contributed by atoms with Gasteiger partial charge in [0.2, 0.25) is 0 Å². The zero-order chi connectivity index (χ0) is 14.1. The maximum atomic E-state index is 12.0. The van der Waals surface area contributed by atoms with Crippen molar-refractivity contribution in [1.29, 1.82) is 0 Å². The summed E-state index contributed by atoms with van der Waals surface area (Å²) in [5.74, 6) is 0.771. The fourth-order valence-corrected chi connectivity index (χ4v) is 3.24. The molecule has 2 heterocycles. The topological polar surface area (TPSA) is 49.8 Å². The molecule has 3 rings (SSSR count). The number of H-pyrrole nitrogens is 1. The van der Waals surface area contributed by atoms with Crippen molar-refractivity contribution in [3.63, 3.8) is 0 Å². The first kappa shape index (κ1) is 13.4. The second-order valence-electron chi connectivity index (χ2n) is 6.14. The van der Waals surface area contributed by atoms with E-state index < -0.39 is 0 Å². The molecule has 0 saturated carbocycles. The first-order valence-corrected chi connectivity index (χ1v) is 7.59. The number of piperidine rings is 1. The van der Waals surface area contributed by atoms with Crippen molar-refractivity contribution in [3.8, 4) is 0 Å². The number of hydrogen-bond acceptors (Lipinski definition) is 2. The van der Waals surface area contributed by atoms with Crippen LogP contribution >= 0.6 is 0 Å². The van der Waals surface area contributed by atoms with Gasteiger partial charge in [0.05, 0.1) is 11.0 Å². The van der Waals surface area contributed by atoms with E-state index in [9.17, 15) is 4.79 Å². The second-order valence-corrected chi connectivity index (χ2v) is 6.14. The Balaban J connectivity index is 1.89. The SMILES string of the molecule is CC(C)n1c(=O)[nH]c2cc(CC3CCNCC3)ccc21. The van der Waals surface area contributed by atoms with E-state index in [1.807, 2.05) is 18.4 Å². The first-order valence-electron chi connectivity index (χ1n) is 7.59. The van der Waals surface area contributed by atoms with Gasteiger partial charge < -0.3 is 10.3 Å². The molecule has 0 radical (unpaired) electrons. The third kappa shape index (κ3) is 2.52. The van der Waals surface area contributed by atoms with Crippen LogP contribution in [0.3, 0.4) is 0 Å². The zero-order valence-corrected chi connectivity index (χ0v) is 12.3. The van der Waals surface area contributed by atoms with Crippen LogP contribution in [0.5, 0.6) is 0 Å². The Bertz CT molecular complexity index is 647. The minimum absolute atomic E-state index is 0.00554. The van der Waals surface area contributed by atoms with Crippen molar-refractivity contribution in [1.82, 2.24) is 14.9 Å². The number of aromatic amines is 1. The largest absolute Gasteiger partial charge is 0.326 e. The Labute approximate surface area is 119 Å². The molecule has 4 nitrogen and oxygen atoms in total. The lowest BCUT2D eigenvalue weighted by molar-refractivity contribution is 0.373. The number of imidazole rings is 1. The van der Waals surface area contributed by atoms with Gasteiger partial charge in [0.25, 0.3) is 0 Å². The minimum Gasteiger partial charge on any atom is -0.317 e. The molecule has 0 spiro atoms. The predicted molar refractivity (Wildman–Crippen MR) is 82.2 cm³/mol. The van der Waals surface area contributed by atoms with Gasteiger partial charge in [-0.05, 0) is 69.8 Å². The third-order valence-corrected chi connectivity index (χ3v) is 4.28. The lowest BCUT2D eigenvalue weighted by atomic mass is 9.91. The zero-order valence-electron chi connectivity index (χ0n) is 12.3. The third-order valence-electron chi connectivity index (χ3n) is 4.28. The highest BCUT2D eigenvalue weighted by Gasteiger charge is 2.15. The van der Waals surface area contributed by atoms with E-state index >= 15 is 0 Å². The smallest absolute Gasteiger partial charge is 0.317 e. The van der Waals surface area contributed by atoms with Crippen molar-refractivity contribution in [2.45, 2.75) is 39.2 Å². The number of hydrogen-bond donors (Lipinski definition) is 2. The normalized spacial score (nSPS) is 17.1. The fraction of sp³-hybridized carbons (Fsp3) is 0.562. The van der Waals surface area contributed by atoms with Crippen LogP contribution in [0.4, 0.5) is 0 Å². The molecule has 1 aliphatic rings. The highest BCUT2D eigenvalue weighted by Crippen LogP contribution is 2.21. The van der Waals surface area contributed by atoms with Crippen LogP contribution < -0.4 is 11.0 Å². The highest BCUT2D eigenvalue weighted by molar-refractivity contribution is 5.76. The van der Waals surface area contributed by atoms with Crippen LogP contribution in [0.2, 0.25) is 0 Å². The molecule has 0 unspecified atom stereocenters. The average molecular weight is 273 g/mol. The fourth-order valence-electron chi connectivity index (χ4n) is 3.24. The maximum absolute atomic E-state index is 12.0. The van der Waals surface area contributed by atoms with Gasteiger partial charge in [0, 0.05) is 6.04 Å². The van der Waals surface area contributed by atoms with Gasteiger partial charge in [-0.2, -0.15) is 0 Å². The van der Waals surface area contributed by atoms with Crippen LogP contribution in [-0.4, -0.2) is 22.6 Å². The van der Waals surface area contributed by atoms with E-state index in [0.29, 0.717) is 0 Å². The van der Waals surface area contributed by atoms with Gasteiger partial charge in [0.15, 0.2) is 0 Å². The molecule has 0 amide bonds. The van der Waals surface area contributed by atoms with Crippen molar-refractivity contribution in [3.05, 3.63) is 34.2 Å². The Morgan fingerprint density at radius 1 is 1.30 bits per heavy atom. The summed E-state index contributed by atoms with van der Waals surface area (Å²) in [5, 5.41) is 3.40.